The molecule has 5 rings (SSSR count). The number of hydrogen-bond donors (Lipinski definition) is 0. The van der Waals surface area contributed by atoms with Crippen LogP contribution in [0, 0.1) is 0 Å². The van der Waals surface area contributed by atoms with Crippen molar-refractivity contribution in [2.24, 2.45) is 0 Å². The summed E-state index contributed by atoms with van der Waals surface area (Å²) < 4.78 is 49.3. The molecule has 64 heavy (non-hydrogen) atoms. The highest BCUT2D eigenvalue weighted by Gasteiger charge is 2.21. The van der Waals surface area contributed by atoms with Gasteiger partial charge in [0.2, 0.25) is 0 Å². The van der Waals surface area contributed by atoms with Gasteiger partial charge in [0.1, 0.15) is 5.78 Å². The first-order valence-electron chi connectivity index (χ1n) is 19.6. The minimum absolute atomic E-state index is 0.168. The van der Waals surface area contributed by atoms with Gasteiger partial charge in [-0.2, -0.15) is 0 Å². The second-order valence-corrected chi connectivity index (χ2v) is 17.8. The van der Waals surface area contributed by atoms with Crippen LogP contribution in [0.15, 0.2) is 78.4 Å². The van der Waals surface area contributed by atoms with Crippen LogP contribution in [0.3, 0.4) is 0 Å². The third-order valence-electron chi connectivity index (χ3n) is 9.16. The zero-order valence-corrected chi connectivity index (χ0v) is 44.9. The van der Waals surface area contributed by atoms with Crippen LogP contribution in [0.4, 0.5) is 0 Å². The zero-order valence-electron chi connectivity index (χ0n) is 38.3. The number of Topliss-reactive ketones (excluding diaryl/α,β-unsaturated/α-hetero) is 1. The first-order chi connectivity index (χ1) is 30.6. The van der Waals surface area contributed by atoms with Crippen molar-refractivity contribution in [1.82, 2.24) is 9.80 Å². The summed E-state index contributed by atoms with van der Waals surface area (Å²) in [6, 6.07) is 21.4. The summed E-state index contributed by atoms with van der Waals surface area (Å²) in [6.45, 7) is 4.18. The monoisotopic (exact) mass is 1130 g/mol. The summed E-state index contributed by atoms with van der Waals surface area (Å²) in [5.41, 5.74) is 6.18. The summed E-state index contributed by atoms with van der Waals surface area (Å²) in [7, 11) is 11.5. The predicted molar refractivity (Wildman–Crippen MR) is 264 cm³/mol. The molecule has 2 saturated heterocycles. The number of halogens is 3. The fourth-order valence-electron chi connectivity index (χ4n) is 5.35. The number of hydrogen-bond acceptors (Lipinski definition) is 15. The average Bonchev–Trinajstić information content (AvgIpc) is 3.34. The number of alkyl halides is 1. The molecule has 0 spiro atoms. The van der Waals surface area contributed by atoms with E-state index in [0.29, 0.717) is 22.5 Å². The third-order valence-corrected chi connectivity index (χ3v) is 12.6. The molecule has 3 aromatic carbocycles. The summed E-state index contributed by atoms with van der Waals surface area (Å²) in [4.78, 5) is 48.6. The maximum atomic E-state index is 11.9. The second-order valence-electron chi connectivity index (χ2n) is 13.5. The zero-order chi connectivity index (χ0) is 48.5. The molecule has 2 aliphatic heterocycles. The van der Waals surface area contributed by atoms with Crippen LogP contribution < -0.4 is 0 Å². The van der Waals surface area contributed by atoms with Gasteiger partial charge in [0, 0.05) is 108 Å². The van der Waals surface area contributed by atoms with Gasteiger partial charge in [0.05, 0.1) is 44.2 Å². The molecule has 358 valence electrons. The SMILES string of the molecule is BrBr.CN1CCC(=O)CC1.COC(=O)c1ccc(C=C2CCN(C)CC2)cc1.COC(=O)c1ccc(CBr)cc1.COC(=O)c1ccc(CP(=O)(OC)OC)cc1.COP(OC)OC. The van der Waals surface area contributed by atoms with E-state index in [1.54, 1.807) is 57.7 Å². The Labute approximate surface area is 404 Å². The Morgan fingerprint density at radius 3 is 1.23 bits per heavy atom. The maximum absolute atomic E-state index is 11.9. The Morgan fingerprint density at radius 1 is 0.594 bits per heavy atom. The molecule has 0 bridgehead atoms. The topological polar surface area (TPSA) is 166 Å². The predicted octanol–water partition coefficient (Wildman–Crippen LogP) is 10.5. The number of carbonyl (C=O) groups excluding carboxylic acids is 4. The number of nitrogens with zero attached hydrogens (tertiary/aromatic N) is 2. The minimum atomic E-state index is -3.06. The second kappa shape index (κ2) is 36.4. The van der Waals surface area contributed by atoms with Crippen molar-refractivity contribution in [1.29, 1.82) is 0 Å². The molecule has 0 unspecified atom stereocenters. The molecule has 15 nitrogen and oxygen atoms in total. The van der Waals surface area contributed by atoms with Crippen LogP contribution in [0.1, 0.15) is 73.4 Å². The Kier molecular flexibility index (Phi) is 34.9. The van der Waals surface area contributed by atoms with Gasteiger partial charge in [0.15, 0.2) is 0 Å². The highest BCUT2D eigenvalue weighted by atomic mass is 80.9. The van der Waals surface area contributed by atoms with Gasteiger partial charge >= 0.3 is 34.1 Å². The molecule has 2 fully saturated rings. The van der Waals surface area contributed by atoms with Gasteiger partial charge in [-0.15, -0.1) is 0 Å². The van der Waals surface area contributed by atoms with Crippen LogP contribution in [0.2, 0.25) is 0 Å². The number of likely N-dealkylation sites (tertiary alicyclic amines) is 2. The van der Waals surface area contributed by atoms with E-state index in [9.17, 15) is 23.7 Å². The number of methoxy groups -OCH3 is 3. The molecule has 2 aliphatic rings. The summed E-state index contributed by atoms with van der Waals surface area (Å²) >= 11 is 8.82. The first kappa shape index (κ1) is 61.3. The lowest BCUT2D eigenvalue weighted by Crippen LogP contribution is -2.29. The van der Waals surface area contributed by atoms with E-state index in [1.807, 2.05) is 43.4 Å². The van der Waals surface area contributed by atoms with Gasteiger partial charge in [-0.25, -0.2) is 14.4 Å². The lowest BCUT2D eigenvalue weighted by Gasteiger charge is -2.24. The number of rotatable bonds is 12. The highest BCUT2D eigenvalue weighted by molar-refractivity contribution is 9.93. The van der Waals surface area contributed by atoms with E-state index in [4.69, 9.17) is 9.05 Å². The van der Waals surface area contributed by atoms with Crippen molar-refractivity contribution in [3.8, 4) is 0 Å². The molecule has 0 saturated carbocycles. The lowest BCUT2D eigenvalue weighted by atomic mass is 10.0. The van der Waals surface area contributed by atoms with Crippen molar-refractivity contribution in [3.63, 3.8) is 0 Å². The molecule has 0 aromatic heterocycles. The molecule has 2 heterocycles. The molecule has 0 aliphatic carbocycles. The van der Waals surface area contributed by atoms with E-state index in [-0.39, 0.29) is 18.1 Å². The number of carbonyl (C=O) groups is 4. The Bertz CT molecular complexity index is 1820. The van der Waals surface area contributed by atoms with Gasteiger partial charge in [0.25, 0.3) is 0 Å². The molecule has 3 aromatic rings. The summed E-state index contributed by atoms with van der Waals surface area (Å²) in [5, 5.41) is 0.800. The fourth-order valence-corrected chi connectivity index (χ4v) is 7.24. The van der Waals surface area contributed by atoms with Crippen LogP contribution in [-0.2, 0) is 57.7 Å². The fraction of sp³-hybridized carbons (Fsp3) is 0.455. The largest absolute Gasteiger partial charge is 0.465 e. The van der Waals surface area contributed by atoms with E-state index in [0.717, 1.165) is 73.9 Å². The lowest BCUT2D eigenvalue weighted by molar-refractivity contribution is -0.121. The molecular weight excluding hydrogens is 1070 g/mol. The minimum Gasteiger partial charge on any atom is -0.465 e. The molecule has 0 amide bonds. The van der Waals surface area contributed by atoms with Crippen LogP contribution in [0.25, 0.3) is 6.08 Å². The number of ketones is 1. The van der Waals surface area contributed by atoms with Gasteiger partial charge in [-0.3, -0.25) is 9.36 Å². The summed E-state index contributed by atoms with van der Waals surface area (Å²) in [5.74, 6) is -0.564. The van der Waals surface area contributed by atoms with E-state index < -0.39 is 22.2 Å². The van der Waals surface area contributed by atoms with Gasteiger partial charge in [-0.05, 0) is 80.0 Å². The Morgan fingerprint density at radius 2 is 0.938 bits per heavy atom. The number of benzene rings is 3. The van der Waals surface area contributed by atoms with Crippen molar-refractivity contribution in [2.45, 2.75) is 37.2 Å². The first-order valence-corrected chi connectivity index (χ1v) is 27.2. The van der Waals surface area contributed by atoms with Crippen molar-refractivity contribution in [2.75, 3.05) is 97.2 Å². The average molecular weight is 1130 g/mol. The molecule has 0 radical (unpaired) electrons. The highest BCUT2D eigenvalue weighted by Crippen LogP contribution is 2.49. The maximum Gasteiger partial charge on any atom is 0.337 e. The van der Waals surface area contributed by atoms with E-state index >= 15 is 0 Å². The van der Waals surface area contributed by atoms with Crippen molar-refractivity contribution < 1.29 is 60.6 Å². The Balaban J connectivity index is 0.000000800. The Hall–Kier alpha value is -2.70. The van der Waals surface area contributed by atoms with E-state index in [1.165, 1.54) is 41.1 Å². The molecule has 0 N–H and O–H groups in total. The molecule has 0 atom stereocenters. The number of ether oxygens (including phenoxy) is 3. The normalized spacial score (nSPS) is 13.6. The van der Waals surface area contributed by atoms with Gasteiger partial charge < -0.3 is 46.6 Å². The van der Waals surface area contributed by atoms with Crippen LogP contribution in [0.5, 0.6) is 0 Å². The number of esters is 3. The van der Waals surface area contributed by atoms with Crippen LogP contribution in [-0.4, -0.2) is 131 Å². The quantitative estimate of drug-likeness (QED) is 0.0727. The standard InChI is InChI=1S/C15H19NO2.C11H15O5P.C9H9BrO2.C6H11NO.C3H9O3P.Br2/c1-16-9-7-13(8-10-16)11-12-3-5-14(6-4-12)15(17)18-2;1-14-11(12)10-6-4-9(5-7-10)8-17(13,15-2)16-3;1-12-9(11)8-4-2-7(6-10)3-5-8;1-7-4-2-6(8)3-5-7;1-4-7(5-2)6-3;1-2/h3-6,11H,7-10H2,1-2H3;4-7H,8H2,1-3H3;2-5H,6H2,1H3;2-5H2,1H3;1-3H3;. The molecule has 20 heteroatoms. The van der Waals surface area contributed by atoms with Crippen molar-refractivity contribution in [3.05, 3.63) is 112 Å². The third kappa shape index (κ3) is 25.9. The van der Waals surface area contributed by atoms with Crippen molar-refractivity contribution >= 4 is 90.2 Å². The van der Waals surface area contributed by atoms with Gasteiger partial charge in [-0.1, -0.05) is 64.0 Å². The van der Waals surface area contributed by atoms with E-state index in [2.05, 4.69) is 94.9 Å². The van der Waals surface area contributed by atoms with Crippen LogP contribution >= 0.6 is 60.4 Å². The molecular formula is C44H63Br3N2O13P2. The summed E-state index contributed by atoms with van der Waals surface area (Å²) in [6.07, 6.45) is 6.19. The smallest absolute Gasteiger partial charge is 0.337 e. The number of piperidine rings is 2.